The van der Waals surface area contributed by atoms with Crippen molar-refractivity contribution >= 4 is 27.1 Å². The molecule has 2 atom stereocenters. The predicted molar refractivity (Wildman–Crippen MR) is 149 cm³/mol. The Bertz CT molecular complexity index is 1580. The molecule has 2 fully saturated rings. The predicted octanol–water partition coefficient (Wildman–Crippen LogP) is 3.90. The highest BCUT2D eigenvalue weighted by Gasteiger charge is 2.47. The molecule has 1 amide bonds. The maximum atomic E-state index is 13.7. The summed E-state index contributed by atoms with van der Waals surface area (Å²) in [5.41, 5.74) is 4.45. The lowest BCUT2D eigenvalue weighted by molar-refractivity contribution is 0.0562. The molecular weight excluding hydrogens is 492 g/mol. The van der Waals surface area contributed by atoms with E-state index in [1.807, 2.05) is 43.3 Å². The lowest BCUT2D eigenvalue weighted by Crippen LogP contribution is -2.53. The fraction of sp³-hybridized carbons (Fsp3) is 0.300. The van der Waals surface area contributed by atoms with Crippen LogP contribution in [0.1, 0.15) is 40.7 Å². The molecular formula is C30H29N4O3Si. The number of fused-ring (bicyclic) bond motifs is 1. The number of nitrogens with one attached hydrogen (secondary N) is 2. The van der Waals surface area contributed by atoms with Gasteiger partial charge in [0.1, 0.15) is 5.75 Å². The Morgan fingerprint density at radius 1 is 1.18 bits per heavy atom. The third-order valence-electron chi connectivity index (χ3n) is 7.87. The van der Waals surface area contributed by atoms with Crippen molar-refractivity contribution in [2.24, 2.45) is 0 Å². The molecule has 4 aromatic rings. The van der Waals surface area contributed by atoms with E-state index in [2.05, 4.69) is 43.5 Å². The van der Waals surface area contributed by atoms with E-state index in [0.717, 1.165) is 59.0 Å². The van der Waals surface area contributed by atoms with Gasteiger partial charge in [0.2, 0.25) is 5.56 Å². The van der Waals surface area contributed by atoms with Gasteiger partial charge >= 0.3 is 0 Å². The van der Waals surface area contributed by atoms with E-state index in [9.17, 15) is 9.59 Å². The first-order valence-corrected chi connectivity index (χ1v) is 13.5. The first-order chi connectivity index (χ1) is 18.3. The van der Waals surface area contributed by atoms with Crippen LogP contribution in [0.4, 0.5) is 0 Å². The van der Waals surface area contributed by atoms with Gasteiger partial charge in [-0.15, -0.1) is 0 Å². The van der Waals surface area contributed by atoms with Crippen LogP contribution < -0.4 is 15.6 Å². The van der Waals surface area contributed by atoms with Gasteiger partial charge in [0.15, 0.2) is 0 Å². The van der Waals surface area contributed by atoms with E-state index in [0.29, 0.717) is 17.4 Å². The highest BCUT2D eigenvalue weighted by atomic mass is 28.1. The van der Waals surface area contributed by atoms with Crippen molar-refractivity contribution in [1.29, 1.82) is 0 Å². The number of amides is 1. The number of nitrogens with zero attached hydrogens (tertiary/aromatic N) is 2. The number of ether oxygens (including phenoxy) is 1. The number of benzene rings is 2. The number of aromatic nitrogens is 2. The normalized spacial score (nSPS) is 19.0. The molecule has 0 bridgehead atoms. The molecule has 8 heteroatoms. The summed E-state index contributed by atoms with van der Waals surface area (Å²) in [5.74, 6) is 0.545. The van der Waals surface area contributed by atoms with Crippen LogP contribution in [0.2, 0.25) is 0 Å². The Morgan fingerprint density at radius 3 is 2.71 bits per heavy atom. The summed E-state index contributed by atoms with van der Waals surface area (Å²) in [6.45, 7) is 3.01. The number of carbonyl (C=O) groups is 1. The van der Waals surface area contributed by atoms with Gasteiger partial charge in [0.05, 0.1) is 27.0 Å². The van der Waals surface area contributed by atoms with Crippen molar-refractivity contribution in [3.05, 3.63) is 94.0 Å². The van der Waals surface area contributed by atoms with E-state index in [4.69, 9.17) is 4.74 Å². The molecule has 1 saturated heterocycles. The van der Waals surface area contributed by atoms with Crippen LogP contribution in [0.25, 0.3) is 22.0 Å². The molecule has 2 N–H and O–H groups in total. The molecule has 38 heavy (non-hydrogen) atoms. The molecule has 3 heterocycles. The molecule has 191 valence electrons. The minimum Gasteiger partial charge on any atom is -0.493 e. The van der Waals surface area contributed by atoms with Crippen molar-refractivity contribution in [1.82, 2.24) is 20.2 Å². The zero-order valence-electron chi connectivity index (χ0n) is 21.5. The number of hydrogen-bond acceptors (Lipinski definition) is 5. The number of likely N-dealkylation sites (tertiary alicyclic amines) is 1. The van der Waals surface area contributed by atoms with E-state index < -0.39 is 5.54 Å². The van der Waals surface area contributed by atoms with E-state index in [1.54, 1.807) is 18.5 Å². The SMILES string of the molecule is Cc1ccc(OC([Si])[C@@H]2CCN2C)cc1C(=O)NC1(c2cc(-c3ccc(=O)[nH]c3)cc3ncccc23)CC1. The monoisotopic (exact) mass is 521 g/mol. The lowest BCUT2D eigenvalue weighted by Gasteiger charge is -2.41. The quantitative estimate of drug-likeness (QED) is 0.360. The van der Waals surface area contributed by atoms with E-state index in [-0.39, 0.29) is 17.2 Å². The van der Waals surface area contributed by atoms with Crippen LogP contribution in [0, 0.1) is 6.92 Å². The minimum atomic E-state index is -0.480. The van der Waals surface area contributed by atoms with Crippen LogP contribution in [0.15, 0.2) is 71.8 Å². The average molecular weight is 522 g/mol. The van der Waals surface area contributed by atoms with Gasteiger partial charge in [-0.05, 0) is 98.4 Å². The van der Waals surface area contributed by atoms with Gasteiger partial charge in [-0.2, -0.15) is 0 Å². The van der Waals surface area contributed by atoms with Crippen molar-refractivity contribution < 1.29 is 9.53 Å². The zero-order chi connectivity index (χ0) is 26.4. The molecule has 1 saturated carbocycles. The Balaban J connectivity index is 1.31. The summed E-state index contributed by atoms with van der Waals surface area (Å²) in [4.78, 5) is 34.9. The summed E-state index contributed by atoms with van der Waals surface area (Å²) in [7, 11) is 5.81. The van der Waals surface area contributed by atoms with Crippen molar-refractivity contribution in [2.45, 2.75) is 43.5 Å². The second-order valence-corrected chi connectivity index (χ2v) is 11.0. The molecule has 1 aliphatic heterocycles. The van der Waals surface area contributed by atoms with Gasteiger partial charge in [0, 0.05) is 35.5 Å². The van der Waals surface area contributed by atoms with Gasteiger partial charge in [-0.1, -0.05) is 12.1 Å². The lowest BCUT2D eigenvalue weighted by atomic mass is 9.93. The number of aromatic amines is 1. The fourth-order valence-corrected chi connectivity index (χ4v) is 5.83. The van der Waals surface area contributed by atoms with Crippen molar-refractivity contribution in [2.75, 3.05) is 13.6 Å². The molecule has 0 spiro atoms. The van der Waals surface area contributed by atoms with E-state index in [1.165, 1.54) is 6.07 Å². The Kier molecular flexibility index (Phi) is 6.16. The third kappa shape index (κ3) is 4.54. The van der Waals surface area contributed by atoms with E-state index >= 15 is 0 Å². The maximum Gasteiger partial charge on any atom is 0.252 e. The molecule has 1 unspecified atom stereocenters. The smallest absolute Gasteiger partial charge is 0.252 e. The van der Waals surface area contributed by atoms with Crippen LogP contribution in [-0.2, 0) is 5.54 Å². The summed E-state index contributed by atoms with van der Waals surface area (Å²) in [6.07, 6.45) is 6.23. The number of likely N-dealkylation sites (N-methyl/N-ethyl adjacent to an activating group) is 1. The highest BCUT2D eigenvalue weighted by Crippen LogP contribution is 2.49. The number of aryl methyl sites for hydroxylation is 1. The van der Waals surface area contributed by atoms with Gasteiger partial charge < -0.3 is 19.9 Å². The number of hydrogen-bond donors (Lipinski definition) is 2. The highest BCUT2D eigenvalue weighted by molar-refractivity contribution is 6.11. The summed E-state index contributed by atoms with van der Waals surface area (Å²) in [6, 6.07) is 17.4. The van der Waals surface area contributed by atoms with Crippen LogP contribution in [0.3, 0.4) is 0 Å². The Labute approximate surface area is 224 Å². The van der Waals surface area contributed by atoms with Crippen LogP contribution in [0.5, 0.6) is 5.75 Å². The number of rotatable bonds is 7. The molecule has 6 rings (SSSR count). The average Bonchev–Trinajstić information content (AvgIpc) is 3.68. The maximum absolute atomic E-state index is 13.7. The summed E-state index contributed by atoms with van der Waals surface area (Å²) >= 11 is 0. The molecule has 2 aromatic carbocycles. The zero-order valence-corrected chi connectivity index (χ0v) is 22.5. The van der Waals surface area contributed by atoms with Gasteiger partial charge in [-0.25, -0.2) is 0 Å². The standard InChI is InChI=1S/C30H29N4O3Si/c1-18-5-7-21(37-29(38)26-9-13-34(26)2)16-23(18)28(36)33-30(10-11-30)24-14-20(19-6-8-27(35)32-17-19)15-25-22(24)4-3-12-31-25/h3-8,12,14-17,26,29H,9-11,13H2,1-2H3,(H,32,35)(H,33,36)/t26-,29?/m0/s1. The fourth-order valence-electron chi connectivity index (χ4n) is 5.27. The van der Waals surface area contributed by atoms with Crippen LogP contribution in [-0.4, -0.2) is 56.4 Å². The summed E-state index contributed by atoms with van der Waals surface area (Å²) in [5, 5.41) is 4.37. The third-order valence-corrected chi connectivity index (χ3v) is 8.37. The Morgan fingerprint density at radius 2 is 2.03 bits per heavy atom. The molecule has 2 aromatic heterocycles. The summed E-state index contributed by atoms with van der Waals surface area (Å²) < 4.78 is 6.15. The van der Waals surface area contributed by atoms with Gasteiger partial charge in [0.25, 0.3) is 5.91 Å². The largest absolute Gasteiger partial charge is 0.493 e. The molecule has 3 radical (unpaired) electrons. The first-order valence-electron chi connectivity index (χ1n) is 12.9. The first kappa shape index (κ1) is 24.6. The Hall–Kier alpha value is -3.75. The number of pyridine rings is 2. The number of H-pyrrole nitrogens is 1. The molecule has 7 nitrogen and oxygen atoms in total. The van der Waals surface area contributed by atoms with Crippen molar-refractivity contribution in [3.63, 3.8) is 0 Å². The van der Waals surface area contributed by atoms with Crippen LogP contribution >= 0.6 is 0 Å². The van der Waals surface area contributed by atoms with Gasteiger partial charge in [-0.3, -0.25) is 14.6 Å². The topological polar surface area (TPSA) is 87.3 Å². The van der Waals surface area contributed by atoms with Crippen molar-refractivity contribution in [3.8, 4) is 16.9 Å². The minimum absolute atomic E-state index is 0.122. The molecule has 1 aliphatic carbocycles. The number of carbonyl (C=O) groups excluding carboxylic acids is 1. The molecule has 2 aliphatic rings. The second kappa shape index (κ2) is 9.52. The second-order valence-electron chi connectivity index (χ2n) is 10.4.